The molecule has 5 aromatic rings. The van der Waals surface area contributed by atoms with Gasteiger partial charge in [0.05, 0.1) is 81.5 Å². The standard InChI is InChI=1S/C16H20ClNO4S.C16H20ClNO2S.C11H14ClNO4S.C6H12O4S.C5H10O2/c1-16(2,3)15-18-12-7-6-11(17)14(13(12)22-15)23(19,20)10-5-4-8-21-9-10;1-16(2,3)15-18-12-7-6-11(17)14(13(12)20-15)21-10-5-4-8-19-9-10;12-8-3-4-9(13)10(14)11(8)18(15,16)7-2-1-5-17-6-7;1-11(7,8)10-6-3-2-4-9-5-6;6-5-2-1-3-7-4-5/h6-7,10H,4-5,8-9H2,1-3H3;6-7,10H,4-5,8-9H2,1-3H3;3-4,7,14H,1-2,5-6,13H2;6H,2-5H2,1H3;5-6H,1-4H2. The van der Waals surface area contributed by atoms with Gasteiger partial charge in [-0.05, 0) is 101 Å². The van der Waals surface area contributed by atoms with Crippen LogP contribution in [0, 0.1) is 0 Å². The summed E-state index contributed by atoms with van der Waals surface area (Å²) >= 11 is 20.2. The zero-order chi connectivity index (χ0) is 58.6. The number of aromatic hydroxyl groups is 1. The molecule has 19 nitrogen and oxygen atoms in total. The number of ether oxygens (including phenoxy) is 5. The van der Waals surface area contributed by atoms with Gasteiger partial charge >= 0.3 is 0 Å². The Kier molecular flexibility index (Phi) is 24.1. The molecular formula is C54H76Cl3N3O16S4. The van der Waals surface area contributed by atoms with Crippen molar-refractivity contribution in [3.8, 4) is 5.75 Å². The number of sulfone groups is 2. The highest BCUT2D eigenvalue weighted by Crippen LogP contribution is 2.42. The van der Waals surface area contributed by atoms with E-state index in [1.54, 1.807) is 23.9 Å². The fourth-order valence-electron chi connectivity index (χ4n) is 8.71. The van der Waals surface area contributed by atoms with Crippen molar-refractivity contribution in [3.05, 3.63) is 63.2 Å². The largest absolute Gasteiger partial charge is 0.504 e. The molecule has 7 heterocycles. The molecule has 0 aliphatic carbocycles. The van der Waals surface area contributed by atoms with Crippen molar-refractivity contribution < 1.29 is 72.2 Å². The van der Waals surface area contributed by atoms with Crippen molar-refractivity contribution in [1.82, 2.24) is 9.97 Å². The number of hydrogen-bond acceptors (Lipinski definition) is 20. The normalized spacial score (nSPS) is 22.3. The molecule has 5 saturated heterocycles. The van der Waals surface area contributed by atoms with Gasteiger partial charge in [0.2, 0.25) is 11.8 Å². The Labute approximate surface area is 489 Å². The van der Waals surface area contributed by atoms with Crippen LogP contribution in [0.25, 0.3) is 22.2 Å². The van der Waals surface area contributed by atoms with Gasteiger partial charge in [-0.1, -0.05) is 76.3 Å². The second-order valence-electron chi connectivity index (χ2n) is 22.0. The van der Waals surface area contributed by atoms with E-state index >= 15 is 0 Å². The third kappa shape index (κ3) is 18.5. The molecule has 5 fully saturated rings. The second kappa shape index (κ2) is 29.2. The van der Waals surface area contributed by atoms with Crippen molar-refractivity contribution in [2.24, 2.45) is 0 Å². The Morgan fingerprint density at radius 2 is 1.04 bits per heavy atom. The highest BCUT2D eigenvalue weighted by Gasteiger charge is 2.37. The smallest absolute Gasteiger partial charge is 0.264 e. The number of thioether (sulfide) groups is 1. The minimum atomic E-state index is -3.73. The van der Waals surface area contributed by atoms with Crippen molar-refractivity contribution in [1.29, 1.82) is 0 Å². The molecule has 10 rings (SSSR count). The molecule has 0 amide bonds. The van der Waals surface area contributed by atoms with Crippen LogP contribution in [-0.2, 0) is 68.5 Å². The number of nitrogens with two attached hydrogens (primary N) is 1. The summed E-state index contributed by atoms with van der Waals surface area (Å²) in [6, 6.07) is 9.83. The number of hydrogen-bond donors (Lipinski definition) is 3. The Morgan fingerprint density at radius 1 is 0.588 bits per heavy atom. The summed E-state index contributed by atoms with van der Waals surface area (Å²) in [5.41, 5.74) is 7.52. The topological polar surface area (TPSA) is 276 Å². The molecule has 3 aromatic carbocycles. The van der Waals surface area contributed by atoms with E-state index in [0.29, 0.717) is 69.0 Å². The molecule has 5 unspecified atom stereocenters. The highest BCUT2D eigenvalue weighted by atomic mass is 35.5. The predicted molar refractivity (Wildman–Crippen MR) is 311 cm³/mol. The molecule has 0 spiro atoms. The average Bonchev–Trinajstić information content (AvgIpc) is 4.24. The average molecular weight is 1260 g/mol. The molecule has 0 radical (unpaired) electrons. The summed E-state index contributed by atoms with van der Waals surface area (Å²) in [5, 5.41) is 18.6. The van der Waals surface area contributed by atoms with Crippen LogP contribution in [0.2, 0.25) is 15.1 Å². The Bertz CT molecular complexity index is 3150. The number of aliphatic hydroxyl groups excluding tert-OH is 1. The molecule has 80 heavy (non-hydrogen) atoms. The number of aromatic nitrogens is 2. The minimum absolute atomic E-state index is 0.00490. The molecule has 26 heteroatoms. The summed E-state index contributed by atoms with van der Waals surface area (Å²) in [5.74, 6) is 0.765. The van der Waals surface area contributed by atoms with Gasteiger partial charge in [-0.3, -0.25) is 4.18 Å². The number of nitrogen functional groups attached to an aromatic ring is 1. The first-order valence-electron chi connectivity index (χ1n) is 26.6. The lowest BCUT2D eigenvalue weighted by Crippen LogP contribution is -2.31. The number of benzene rings is 3. The SMILES string of the molecule is CC(C)(C)c1nc2ccc(Cl)c(S(=O)(=O)C3CCCOC3)c2o1.CC(C)(C)c1nc2ccc(Cl)c(SC3CCCOC3)c2o1.CS(=O)(=O)OC1CCCOC1.Nc1ccc(Cl)c(S(=O)(=O)C2CCCOC2)c1O.OC1CCCOC1. The van der Waals surface area contributed by atoms with Crippen LogP contribution in [0.3, 0.4) is 0 Å². The molecule has 5 aliphatic heterocycles. The van der Waals surface area contributed by atoms with Crippen molar-refractivity contribution >= 4 is 104 Å². The zero-order valence-electron chi connectivity index (χ0n) is 46.3. The van der Waals surface area contributed by atoms with E-state index in [9.17, 15) is 30.4 Å². The summed E-state index contributed by atoms with van der Waals surface area (Å²) in [7, 11) is -10.7. The summed E-state index contributed by atoms with van der Waals surface area (Å²) in [4.78, 5) is 9.77. The van der Waals surface area contributed by atoms with Crippen molar-refractivity contribution in [2.75, 3.05) is 78.1 Å². The van der Waals surface area contributed by atoms with Gasteiger partial charge in [0.25, 0.3) is 10.1 Å². The third-order valence-corrected chi connectivity index (χ3v) is 20.7. The number of phenols is 1. The van der Waals surface area contributed by atoms with E-state index in [2.05, 4.69) is 30.7 Å². The van der Waals surface area contributed by atoms with Gasteiger partial charge in [0, 0.05) is 49.1 Å². The Balaban J connectivity index is 0.000000169. The first-order valence-corrected chi connectivity index (χ1v) is 33.6. The maximum absolute atomic E-state index is 13.0. The van der Waals surface area contributed by atoms with Gasteiger partial charge in [-0.15, -0.1) is 11.8 Å². The van der Waals surface area contributed by atoms with Crippen LogP contribution in [0.5, 0.6) is 5.75 Å². The molecule has 0 bridgehead atoms. The number of fused-ring (bicyclic) bond motifs is 2. The van der Waals surface area contributed by atoms with Crippen molar-refractivity contribution in [2.45, 2.75) is 159 Å². The number of halogens is 3. The van der Waals surface area contributed by atoms with E-state index < -0.39 is 46.0 Å². The number of aliphatic hydroxyl groups is 1. The molecule has 448 valence electrons. The lowest BCUT2D eigenvalue weighted by Gasteiger charge is -2.23. The van der Waals surface area contributed by atoms with E-state index in [0.717, 1.165) is 97.9 Å². The van der Waals surface area contributed by atoms with Crippen LogP contribution in [0.4, 0.5) is 5.69 Å². The summed E-state index contributed by atoms with van der Waals surface area (Å²) < 4.78 is 115. The van der Waals surface area contributed by atoms with Crippen LogP contribution < -0.4 is 5.73 Å². The molecule has 4 N–H and O–H groups in total. The van der Waals surface area contributed by atoms with Crippen LogP contribution in [-0.4, -0.2) is 146 Å². The predicted octanol–water partition coefficient (Wildman–Crippen LogP) is 10.7. The van der Waals surface area contributed by atoms with E-state index in [1.807, 2.05) is 32.9 Å². The number of rotatable bonds is 8. The maximum atomic E-state index is 13.0. The number of anilines is 1. The molecular weight excluding hydrogens is 1180 g/mol. The number of phenolic OH excluding ortho intramolecular Hbond substituents is 1. The quantitative estimate of drug-likeness (QED) is 0.0740. The van der Waals surface area contributed by atoms with E-state index in [-0.39, 0.29) is 67.4 Å². The number of nitrogens with zero attached hydrogens (tertiary/aromatic N) is 2. The Hall–Kier alpha value is -3.01. The number of oxazole rings is 2. The molecule has 0 saturated carbocycles. The fourth-order valence-corrected chi connectivity index (χ4v) is 15.4. The Morgan fingerprint density at radius 3 is 1.49 bits per heavy atom. The van der Waals surface area contributed by atoms with Gasteiger partial charge in [-0.25, -0.2) is 26.8 Å². The first-order chi connectivity index (χ1) is 37.6. The van der Waals surface area contributed by atoms with E-state index in [4.69, 9.17) is 82.3 Å². The van der Waals surface area contributed by atoms with Crippen molar-refractivity contribution in [3.63, 3.8) is 0 Å². The minimum Gasteiger partial charge on any atom is -0.504 e. The zero-order valence-corrected chi connectivity index (χ0v) is 51.9. The fraction of sp³-hybridized carbons (Fsp3) is 0.630. The molecule has 5 aliphatic rings. The lowest BCUT2D eigenvalue weighted by atomic mass is 9.97. The van der Waals surface area contributed by atoms with Gasteiger partial charge in [-0.2, -0.15) is 8.42 Å². The van der Waals surface area contributed by atoms with Gasteiger partial charge in [0.15, 0.2) is 36.6 Å². The first kappa shape index (κ1) is 66.1. The summed E-state index contributed by atoms with van der Waals surface area (Å²) in [6.07, 6.45) is 8.89. The third-order valence-electron chi connectivity index (χ3n) is 13.0. The molecule has 2 aromatic heterocycles. The van der Waals surface area contributed by atoms with Crippen LogP contribution in [0.1, 0.15) is 118 Å². The second-order valence-corrected chi connectivity index (χ2v) is 30.5. The van der Waals surface area contributed by atoms with Gasteiger partial charge in [0.1, 0.15) is 26.9 Å². The molecule has 5 atom stereocenters. The van der Waals surface area contributed by atoms with Gasteiger partial charge < -0.3 is 48.5 Å². The van der Waals surface area contributed by atoms with Crippen LogP contribution in [0.15, 0.2) is 59.9 Å². The highest BCUT2D eigenvalue weighted by molar-refractivity contribution is 8.00. The maximum Gasteiger partial charge on any atom is 0.264 e. The summed E-state index contributed by atoms with van der Waals surface area (Å²) in [6.45, 7) is 17.8. The van der Waals surface area contributed by atoms with Crippen LogP contribution >= 0.6 is 46.6 Å². The monoisotopic (exact) mass is 1260 g/mol. The lowest BCUT2D eigenvalue weighted by molar-refractivity contribution is -0.00535. The van der Waals surface area contributed by atoms with E-state index in [1.165, 1.54) is 12.1 Å².